The summed E-state index contributed by atoms with van der Waals surface area (Å²) in [4.78, 5) is 7.76. The topological polar surface area (TPSA) is 80.5 Å². The van der Waals surface area contributed by atoms with Crippen LogP contribution < -0.4 is 5.73 Å². The smallest absolute Gasteiger partial charge is 0.186 e. The van der Waals surface area contributed by atoms with Crippen molar-refractivity contribution < 1.29 is 4.39 Å². The van der Waals surface area contributed by atoms with Crippen molar-refractivity contribution in [1.29, 1.82) is 0 Å². The summed E-state index contributed by atoms with van der Waals surface area (Å²) in [5.41, 5.74) is 6.28. The van der Waals surface area contributed by atoms with Gasteiger partial charge in [-0.3, -0.25) is 5.10 Å². The van der Waals surface area contributed by atoms with Crippen LogP contribution in [0.25, 0.3) is 11.4 Å². The molecule has 0 unspecified atom stereocenters. The molecule has 0 atom stereocenters. The Labute approximate surface area is 79.2 Å². The molecule has 0 aliphatic heterocycles. The van der Waals surface area contributed by atoms with Gasteiger partial charge >= 0.3 is 0 Å². The van der Waals surface area contributed by atoms with E-state index < -0.39 is 5.82 Å². The molecule has 5 nitrogen and oxygen atoms in total. The third kappa shape index (κ3) is 1.30. The second-order valence-electron chi connectivity index (χ2n) is 2.82. The molecule has 0 amide bonds. The fraction of sp³-hybridized carbons (Fsp3) is 0.125. The minimum Gasteiger partial charge on any atom is -0.381 e. The van der Waals surface area contributed by atoms with Gasteiger partial charge in [0.25, 0.3) is 0 Å². The lowest BCUT2D eigenvalue weighted by atomic mass is 10.3. The molecule has 6 heteroatoms. The lowest BCUT2D eigenvalue weighted by Gasteiger charge is -2.01. The third-order valence-corrected chi connectivity index (χ3v) is 1.80. The Morgan fingerprint density at radius 3 is 2.79 bits per heavy atom. The van der Waals surface area contributed by atoms with E-state index in [0.717, 1.165) is 0 Å². The normalized spacial score (nSPS) is 10.4. The number of H-pyrrole nitrogens is 1. The van der Waals surface area contributed by atoms with Crippen molar-refractivity contribution in [2.45, 2.75) is 6.92 Å². The number of anilines is 1. The molecular weight excluding hydrogens is 185 g/mol. The Balaban J connectivity index is 2.57. The average molecular weight is 193 g/mol. The first kappa shape index (κ1) is 8.61. The SMILES string of the molecule is Cc1nc(-c2cn[nH]c2)nc(N)c1F. The molecule has 0 aliphatic rings. The number of nitrogens with one attached hydrogen (secondary N) is 1. The number of nitrogens with zero attached hydrogens (tertiary/aromatic N) is 3. The third-order valence-electron chi connectivity index (χ3n) is 1.80. The van der Waals surface area contributed by atoms with Crippen molar-refractivity contribution in [2.24, 2.45) is 0 Å². The van der Waals surface area contributed by atoms with Crippen LogP contribution in [0.4, 0.5) is 10.2 Å². The van der Waals surface area contributed by atoms with Crippen molar-refractivity contribution in [1.82, 2.24) is 20.2 Å². The van der Waals surface area contributed by atoms with Crippen LogP contribution in [0.5, 0.6) is 0 Å². The van der Waals surface area contributed by atoms with E-state index in [2.05, 4.69) is 20.2 Å². The predicted octanol–water partition coefficient (Wildman–Crippen LogP) is 0.896. The summed E-state index contributed by atoms with van der Waals surface area (Å²) in [5, 5.41) is 6.36. The molecule has 2 aromatic heterocycles. The van der Waals surface area contributed by atoms with Gasteiger partial charge in [0, 0.05) is 6.20 Å². The average Bonchev–Trinajstić information content (AvgIpc) is 2.66. The zero-order valence-corrected chi connectivity index (χ0v) is 7.45. The van der Waals surface area contributed by atoms with E-state index in [-0.39, 0.29) is 11.5 Å². The number of halogens is 1. The lowest BCUT2D eigenvalue weighted by Crippen LogP contribution is -2.02. The van der Waals surface area contributed by atoms with Gasteiger partial charge < -0.3 is 5.73 Å². The Morgan fingerprint density at radius 1 is 1.43 bits per heavy atom. The van der Waals surface area contributed by atoms with Crippen LogP contribution >= 0.6 is 0 Å². The van der Waals surface area contributed by atoms with E-state index in [9.17, 15) is 4.39 Å². The minimum absolute atomic E-state index is 0.145. The predicted molar refractivity (Wildman–Crippen MR) is 48.7 cm³/mol. The standard InChI is InChI=1S/C8H8FN5/c1-4-6(9)7(10)14-8(13-4)5-2-11-12-3-5/h2-3H,1H3,(H,11,12)(H2,10,13,14). The minimum atomic E-state index is -0.572. The van der Waals surface area contributed by atoms with E-state index in [1.807, 2.05) is 0 Å². The maximum absolute atomic E-state index is 13.1. The molecular formula is C8H8FN5. The van der Waals surface area contributed by atoms with Crippen molar-refractivity contribution >= 4 is 5.82 Å². The number of nitrogen functional groups attached to an aromatic ring is 1. The van der Waals surface area contributed by atoms with Crippen LogP contribution in [0, 0.1) is 12.7 Å². The molecule has 0 saturated heterocycles. The van der Waals surface area contributed by atoms with Gasteiger partial charge in [-0.05, 0) is 6.92 Å². The summed E-state index contributed by atoms with van der Waals surface area (Å²) < 4.78 is 13.1. The van der Waals surface area contributed by atoms with Gasteiger partial charge in [0.15, 0.2) is 17.5 Å². The first-order chi connectivity index (χ1) is 6.68. The zero-order valence-electron chi connectivity index (χ0n) is 7.45. The summed E-state index contributed by atoms with van der Waals surface area (Å²) in [6.07, 6.45) is 3.16. The zero-order chi connectivity index (χ0) is 10.1. The summed E-state index contributed by atoms with van der Waals surface area (Å²) >= 11 is 0. The molecule has 2 aromatic rings. The van der Waals surface area contributed by atoms with Crippen molar-refractivity contribution in [2.75, 3.05) is 5.73 Å². The highest BCUT2D eigenvalue weighted by molar-refractivity contribution is 5.54. The van der Waals surface area contributed by atoms with Crippen LogP contribution in [0.2, 0.25) is 0 Å². The number of hydrogen-bond donors (Lipinski definition) is 2. The van der Waals surface area contributed by atoms with Crippen LogP contribution in [-0.4, -0.2) is 20.2 Å². The molecule has 0 aromatic carbocycles. The van der Waals surface area contributed by atoms with Gasteiger partial charge in [-0.1, -0.05) is 0 Å². The molecule has 0 aliphatic carbocycles. The fourth-order valence-corrected chi connectivity index (χ4v) is 1.08. The molecule has 2 rings (SSSR count). The molecule has 0 saturated carbocycles. The fourth-order valence-electron chi connectivity index (χ4n) is 1.08. The van der Waals surface area contributed by atoms with Crippen molar-refractivity contribution in [3.05, 3.63) is 23.9 Å². The van der Waals surface area contributed by atoms with Crippen LogP contribution in [0.3, 0.4) is 0 Å². The Kier molecular flexibility index (Phi) is 1.88. The second kappa shape index (κ2) is 3.06. The van der Waals surface area contributed by atoms with Crippen LogP contribution in [0.15, 0.2) is 12.4 Å². The Morgan fingerprint density at radius 2 is 2.21 bits per heavy atom. The monoisotopic (exact) mass is 193 g/mol. The van der Waals surface area contributed by atoms with E-state index >= 15 is 0 Å². The Hall–Kier alpha value is -1.98. The van der Waals surface area contributed by atoms with E-state index in [4.69, 9.17) is 5.73 Å². The molecule has 3 N–H and O–H groups in total. The highest BCUT2D eigenvalue weighted by Crippen LogP contribution is 2.17. The highest BCUT2D eigenvalue weighted by atomic mass is 19.1. The first-order valence-corrected chi connectivity index (χ1v) is 3.97. The van der Waals surface area contributed by atoms with Crippen molar-refractivity contribution in [3.63, 3.8) is 0 Å². The molecule has 14 heavy (non-hydrogen) atoms. The van der Waals surface area contributed by atoms with Crippen LogP contribution in [-0.2, 0) is 0 Å². The number of aryl methyl sites for hydroxylation is 1. The lowest BCUT2D eigenvalue weighted by molar-refractivity contribution is 0.608. The van der Waals surface area contributed by atoms with Gasteiger partial charge in [-0.2, -0.15) is 5.10 Å². The maximum atomic E-state index is 13.1. The Bertz CT molecular complexity index is 428. The van der Waals surface area contributed by atoms with Gasteiger partial charge in [0.2, 0.25) is 0 Å². The summed E-state index contributed by atoms with van der Waals surface area (Å²) in [5.74, 6) is -0.346. The van der Waals surface area contributed by atoms with Crippen LogP contribution in [0.1, 0.15) is 5.69 Å². The van der Waals surface area contributed by atoms with Gasteiger partial charge in [-0.15, -0.1) is 0 Å². The summed E-state index contributed by atoms with van der Waals surface area (Å²) in [6, 6.07) is 0. The molecule has 0 bridgehead atoms. The molecule has 72 valence electrons. The molecule has 2 heterocycles. The quantitative estimate of drug-likeness (QED) is 0.705. The summed E-state index contributed by atoms with van der Waals surface area (Å²) in [7, 11) is 0. The highest BCUT2D eigenvalue weighted by Gasteiger charge is 2.10. The number of nitrogens with two attached hydrogens (primary N) is 1. The summed E-state index contributed by atoms with van der Waals surface area (Å²) in [6.45, 7) is 1.54. The molecule has 0 spiro atoms. The van der Waals surface area contributed by atoms with E-state index in [1.54, 1.807) is 12.4 Å². The van der Waals surface area contributed by atoms with Gasteiger partial charge in [0.1, 0.15) is 0 Å². The van der Waals surface area contributed by atoms with Gasteiger partial charge in [-0.25, -0.2) is 14.4 Å². The number of rotatable bonds is 1. The first-order valence-electron chi connectivity index (χ1n) is 3.97. The molecule has 0 radical (unpaired) electrons. The number of aromatic nitrogens is 4. The van der Waals surface area contributed by atoms with E-state index in [0.29, 0.717) is 11.4 Å². The maximum Gasteiger partial charge on any atom is 0.186 e. The number of aromatic amines is 1. The van der Waals surface area contributed by atoms with E-state index in [1.165, 1.54) is 6.92 Å². The van der Waals surface area contributed by atoms with Gasteiger partial charge in [0.05, 0.1) is 17.5 Å². The second-order valence-corrected chi connectivity index (χ2v) is 2.82. The number of hydrogen-bond acceptors (Lipinski definition) is 4. The van der Waals surface area contributed by atoms with Crippen molar-refractivity contribution in [3.8, 4) is 11.4 Å². The molecule has 0 fully saturated rings. The largest absolute Gasteiger partial charge is 0.381 e.